The van der Waals surface area contributed by atoms with Crippen LogP contribution in [0.3, 0.4) is 0 Å². The van der Waals surface area contributed by atoms with E-state index in [2.05, 4.69) is 4.99 Å². The Morgan fingerprint density at radius 3 is 3.12 bits per heavy atom. The molecule has 1 fully saturated rings. The number of fused-ring (bicyclic) bond motifs is 2. The Morgan fingerprint density at radius 1 is 1.53 bits per heavy atom. The van der Waals surface area contributed by atoms with E-state index in [0.29, 0.717) is 17.3 Å². The summed E-state index contributed by atoms with van der Waals surface area (Å²) in [6, 6.07) is 5.61. The number of hydrogen-bond donors (Lipinski definition) is 1. The van der Waals surface area contributed by atoms with Gasteiger partial charge >= 0.3 is 0 Å². The quantitative estimate of drug-likeness (QED) is 0.808. The van der Waals surface area contributed by atoms with Crippen molar-refractivity contribution in [3.8, 4) is 0 Å². The van der Waals surface area contributed by atoms with E-state index >= 15 is 0 Å². The molecule has 1 aromatic carbocycles. The molecule has 0 aromatic heterocycles. The standard InChI is InChI=1S/C11H10Cl2N2OS/c12-5-11(16)6-17-10-14-9-2-1-8(13)3-7(9)4-15(10)11/h1-3,16H,4-6H2. The highest BCUT2D eigenvalue weighted by molar-refractivity contribution is 8.14. The van der Waals surface area contributed by atoms with E-state index in [1.165, 1.54) is 11.8 Å². The van der Waals surface area contributed by atoms with Gasteiger partial charge in [0.1, 0.15) is 0 Å². The van der Waals surface area contributed by atoms with Gasteiger partial charge in [0.25, 0.3) is 0 Å². The summed E-state index contributed by atoms with van der Waals surface area (Å²) in [5.74, 6) is 0.728. The molecule has 0 saturated carbocycles. The van der Waals surface area contributed by atoms with Crippen LogP contribution in [-0.2, 0) is 6.54 Å². The van der Waals surface area contributed by atoms with E-state index in [4.69, 9.17) is 23.2 Å². The summed E-state index contributed by atoms with van der Waals surface area (Å²) in [6.45, 7) is 0.602. The molecular formula is C11H10Cl2N2OS. The number of rotatable bonds is 1. The summed E-state index contributed by atoms with van der Waals surface area (Å²) in [4.78, 5) is 6.37. The maximum Gasteiger partial charge on any atom is 0.167 e. The second-order valence-electron chi connectivity index (χ2n) is 4.16. The molecule has 0 amide bonds. The minimum absolute atomic E-state index is 0.176. The fraction of sp³-hybridized carbons (Fsp3) is 0.364. The number of aliphatic hydroxyl groups is 1. The van der Waals surface area contributed by atoms with Crippen molar-refractivity contribution in [1.82, 2.24) is 4.90 Å². The monoisotopic (exact) mass is 288 g/mol. The molecule has 3 nitrogen and oxygen atoms in total. The zero-order chi connectivity index (χ0) is 12.0. The predicted molar refractivity (Wildman–Crippen MR) is 72.2 cm³/mol. The van der Waals surface area contributed by atoms with Crippen molar-refractivity contribution in [2.75, 3.05) is 11.6 Å². The first kappa shape index (κ1) is 11.7. The zero-order valence-electron chi connectivity index (χ0n) is 8.86. The average Bonchev–Trinajstić information content (AvgIpc) is 2.65. The van der Waals surface area contributed by atoms with Crippen LogP contribution in [0.4, 0.5) is 5.69 Å². The first-order chi connectivity index (χ1) is 8.12. The van der Waals surface area contributed by atoms with Crippen LogP contribution in [0, 0.1) is 0 Å². The lowest BCUT2D eigenvalue weighted by Gasteiger charge is -2.34. The van der Waals surface area contributed by atoms with E-state index in [-0.39, 0.29) is 5.88 Å². The lowest BCUT2D eigenvalue weighted by molar-refractivity contribution is -0.0256. The third-order valence-corrected chi connectivity index (χ3v) is 4.81. The topological polar surface area (TPSA) is 35.8 Å². The van der Waals surface area contributed by atoms with E-state index in [1.54, 1.807) is 0 Å². The lowest BCUT2D eigenvalue weighted by atomic mass is 10.1. The summed E-state index contributed by atoms with van der Waals surface area (Å²) in [5.41, 5.74) is 0.949. The van der Waals surface area contributed by atoms with Gasteiger partial charge in [-0.3, -0.25) is 0 Å². The Labute approximate surface area is 113 Å². The number of benzene rings is 1. The summed E-state index contributed by atoms with van der Waals surface area (Å²) in [5, 5.41) is 11.9. The zero-order valence-corrected chi connectivity index (χ0v) is 11.2. The van der Waals surface area contributed by atoms with E-state index in [0.717, 1.165) is 16.4 Å². The van der Waals surface area contributed by atoms with E-state index < -0.39 is 5.72 Å². The number of aliphatic imine (C=N–C) groups is 1. The van der Waals surface area contributed by atoms with Crippen LogP contribution in [0.25, 0.3) is 0 Å². The molecule has 2 aliphatic rings. The van der Waals surface area contributed by atoms with Crippen molar-refractivity contribution >= 4 is 45.8 Å². The van der Waals surface area contributed by atoms with Crippen molar-refractivity contribution in [2.24, 2.45) is 4.99 Å². The SMILES string of the molecule is OC1(CCl)CSC2=Nc3ccc(Cl)cc3CN21. The van der Waals surface area contributed by atoms with E-state index in [9.17, 15) is 5.11 Å². The van der Waals surface area contributed by atoms with Gasteiger partial charge in [-0.2, -0.15) is 0 Å². The Kier molecular flexibility index (Phi) is 2.78. The molecule has 1 atom stereocenters. The summed E-state index contributed by atoms with van der Waals surface area (Å²) >= 11 is 13.3. The molecule has 2 aliphatic heterocycles. The molecule has 1 N–H and O–H groups in total. The summed E-state index contributed by atoms with van der Waals surface area (Å²) < 4.78 is 0. The third-order valence-electron chi connectivity index (χ3n) is 2.97. The molecule has 0 spiro atoms. The van der Waals surface area contributed by atoms with Gasteiger partial charge in [0, 0.05) is 11.6 Å². The van der Waals surface area contributed by atoms with Crippen LogP contribution >= 0.6 is 35.0 Å². The Hall–Kier alpha value is -0.420. The summed E-state index contributed by atoms with van der Waals surface area (Å²) in [7, 11) is 0. The van der Waals surface area contributed by atoms with Gasteiger partial charge in [-0.1, -0.05) is 23.4 Å². The highest BCUT2D eigenvalue weighted by atomic mass is 35.5. The molecule has 0 bridgehead atoms. The number of hydrogen-bond acceptors (Lipinski definition) is 4. The van der Waals surface area contributed by atoms with Crippen LogP contribution < -0.4 is 0 Å². The van der Waals surface area contributed by atoms with E-state index in [1.807, 2.05) is 23.1 Å². The number of halogens is 2. The molecule has 0 aliphatic carbocycles. The fourth-order valence-electron chi connectivity index (χ4n) is 2.00. The van der Waals surface area contributed by atoms with Crippen LogP contribution in [0.5, 0.6) is 0 Å². The van der Waals surface area contributed by atoms with Crippen LogP contribution in [0.2, 0.25) is 5.02 Å². The number of amidine groups is 1. The average molecular weight is 289 g/mol. The Morgan fingerprint density at radius 2 is 2.35 bits per heavy atom. The van der Waals surface area contributed by atoms with Crippen molar-refractivity contribution in [3.05, 3.63) is 28.8 Å². The minimum atomic E-state index is -0.995. The van der Waals surface area contributed by atoms with Crippen LogP contribution in [0.15, 0.2) is 23.2 Å². The molecule has 90 valence electrons. The molecular weight excluding hydrogens is 279 g/mol. The third kappa shape index (κ3) is 1.83. The van der Waals surface area contributed by atoms with Gasteiger partial charge in [0.15, 0.2) is 10.9 Å². The smallest absolute Gasteiger partial charge is 0.167 e. The largest absolute Gasteiger partial charge is 0.369 e. The van der Waals surface area contributed by atoms with Gasteiger partial charge in [-0.05, 0) is 23.8 Å². The summed E-state index contributed by atoms with van der Waals surface area (Å²) in [6.07, 6.45) is 0. The van der Waals surface area contributed by atoms with Crippen LogP contribution in [0.1, 0.15) is 5.56 Å². The normalized spacial score (nSPS) is 26.5. The molecule has 1 aromatic rings. The number of alkyl halides is 1. The minimum Gasteiger partial charge on any atom is -0.369 e. The van der Waals surface area contributed by atoms with Gasteiger partial charge in [-0.15, -0.1) is 11.6 Å². The highest BCUT2D eigenvalue weighted by Crippen LogP contribution is 2.40. The van der Waals surface area contributed by atoms with Crippen molar-refractivity contribution in [2.45, 2.75) is 12.3 Å². The fourth-order valence-corrected chi connectivity index (χ4v) is 3.71. The highest BCUT2D eigenvalue weighted by Gasteiger charge is 2.44. The van der Waals surface area contributed by atoms with Gasteiger partial charge in [0.2, 0.25) is 0 Å². The van der Waals surface area contributed by atoms with Crippen molar-refractivity contribution < 1.29 is 5.11 Å². The predicted octanol–water partition coefficient (Wildman–Crippen LogP) is 2.82. The second-order valence-corrected chi connectivity index (χ2v) is 5.80. The molecule has 1 unspecified atom stereocenters. The lowest BCUT2D eigenvalue weighted by Crippen LogP contribution is -2.49. The molecule has 17 heavy (non-hydrogen) atoms. The van der Waals surface area contributed by atoms with Crippen molar-refractivity contribution in [3.63, 3.8) is 0 Å². The Bertz CT molecular complexity index is 508. The number of nitrogens with zero attached hydrogens (tertiary/aromatic N) is 2. The van der Waals surface area contributed by atoms with Gasteiger partial charge in [-0.25, -0.2) is 4.99 Å². The first-order valence-electron chi connectivity index (χ1n) is 5.18. The Balaban J connectivity index is 2.04. The molecule has 6 heteroatoms. The maximum atomic E-state index is 10.3. The molecule has 3 rings (SSSR count). The van der Waals surface area contributed by atoms with Crippen molar-refractivity contribution in [1.29, 1.82) is 0 Å². The van der Waals surface area contributed by atoms with Crippen LogP contribution in [-0.4, -0.2) is 32.5 Å². The molecule has 2 heterocycles. The second kappa shape index (κ2) is 4.05. The molecule has 0 radical (unpaired) electrons. The number of thioether (sulfide) groups is 1. The van der Waals surface area contributed by atoms with Gasteiger partial charge in [0.05, 0.1) is 17.3 Å². The first-order valence-corrected chi connectivity index (χ1v) is 7.08. The van der Waals surface area contributed by atoms with Gasteiger partial charge < -0.3 is 10.0 Å². The molecule has 1 saturated heterocycles. The maximum absolute atomic E-state index is 10.3.